The highest BCUT2D eigenvalue weighted by Gasteiger charge is 2.32. The molecule has 0 saturated carbocycles. The number of hydrogen-bond acceptors (Lipinski definition) is 2. The summed E-state index contributed by atoms with van der Waals surface area (Å²) < 4.78 is 5.75. The van der Waals surface area contributed by atoms with Crippen LogP contribution >= 0.6 is 0 Å². The van der Waals surface area contributed by atoms with Crippen LogP contribution in [0.25, 0.3) is 0 Å². The topological polar surface area (TPSA) is 21.3 Å². The molecule has 0 aliphatic carbocycles. The molecule has 78 valence electrons. The van der Waals surface area contributed by atoms with Gasteiger partial charge >= 0.3 is 0 Å². The van der Waals surface area contributed by atoms with Gasteiger partial charge in [-0.3, -0.25) is 0 Å². The molecule has 1 aliphatic heterocycles. The molecular formula is C11H23NO. The molecule has 0 radical (unpaired) electrons. The van der Waals surface area contributed by atoms with Gasteiger partial charge < -0.3 is 10.1 Å². The molecule has 0 aromatic heterocycles. The molecule has 2 heteroatoms. The third kappa shape index (κ3) is 3.28. The molecule has 1 aliphatic rings. The Bertz CT molecular complexity index is 154. The zero-order valence-corrected chi connectivity index (χ0v) is 9.39. The van der Waals surface area contributed by atoms with Gasteiger partial charge in [0.25, 0.3) is 0 Å². The first kappa shape index (κ1) is 11.0. The van der Waals surface area contributed by atoms with Crippen molar-refractivity contribution in [1.29, 1.82) is 0 Å². The summed E-state index contributed by atoms with van der Waals surface area (Å²) in [6.07, 6.45) is 2.51. The Kier molecular flexibility index (Phi) is 3.74. The molecule has 1 saturated heterocycles. The first-order valence-electron chi connectivity index (χ1n) is 5.39. The first-order valence-corrected chi connectivity index (χ1v) is 5.39. The van der Waals surface area contributed by atoms with E-state index in [4.69, 9.17) is 4.74 Å². The normalized spacial score (nSPS) is 27.9. The highest BCUT2D eigenvalue weighted by molar-refractivity contribution is 4.88. The summed E-state index contributed by atoms with van der Waals surface area (Å²) in [5, 5.41) is 3.54. The Labute approximate surface area is 82.0 Å². The van der Waals surface area contributed by atoms with Gasteiger partial charge in [0.2, 0.25) is 0 Å². The van der Waals surface area contributed by atoms with E-state index in [-0.39, 0.29) is 5.60 Å². The summed E-state index contributed by atoms with van der Waals surface area (Å²) in [7, 11) is 0. The van der Waals surface area contributed by atoms with Crippen molar-refractivity contribution < 1.29 is 4.74 Å². The van der Waals surface area contributed by atoms with E-state index in [1.807, 2.05) is 0 Å². The summed E-state index contributed by atoms with van der Waals surface area (Å²) in [5.74, 6) is 0.791. The molecule has 2 nitrogen and oxygen atoms in total. The number of rotatable bonds is 3. The predicted molar refractivity (Wildman–Crippen MR) is 55.9 cm³/mol. The van der Waals surface area contributed by atoms with E-state index in [0.717, 1.165) is 19.1 Å². The number of hydrogen-bond donors (Lipinski definition) is 1. The third-order valence-corrected chi connectivity index (χ3v) is 2.84. The molecule has 1 unspecified atom stereocenters. The number of ether oxygens (including phenoxy) is 1. The summed E-state index contributed by atoms with van der Waals surface area (Å²) in [4.78, 5) is 0. The highest BCUT2D eigenvalue weighted by Crippen LogP contribution is 2.22. The molecule has 0 spiro atoms. The van der Waals surface area contributed by atoms with E-state index in [1.165, 1.54) is 12.8 Å². The molecule has 13 heavy (non-hydrogen) atoms. The average Bonchev–Trinajstić information content (AvgIpc) is 2.01. The molecule has 1 heterocycles. The fourth-order valence-electron chi connectivity index (χ4n) is 1.84. The van der Waals surface area contributed by atoms with Crippen molar-refractivity contribution in [2.45, 2.75) is 52.2 Å². The van der Waals surface area contributed by atoms with Gasteiger partial charge in [0, 0.05) is 12.6 Å². The van der Waals surface area contributed by atoms with E-state index in [1.54, 1.807) is 0 Å². The van der Waals surface area contributed by atoms with Gasteiger partial charge in [-0.15, -0.1) is 0 Å². The lowest BCUT2D eigenvalue weighted by Gasteiger charge is -2.39. The summed E-state index contributed by atoms with van der Waals surface area (Å²) in [5.41, 5.74) is 0.0210. The number of nitrogens with one attached hydrogen (secondary N) is 1. The third-order valence-electron chi connectivity index (χ3n) is 2.84. The minimum absolute atomic E-state index is 0.0210. The Morgan fingerprint density at radius 2 is 2.15 bits per heavy atom. The average molecular weight is 185 g/mol. The zero-order chi connectivity index (χ0) is 9.90. The van der Waals surface area contributed by atoms with Crippen molar-refractivity contribution in [2.75, 3.05) is 13.2 Å². The molecule has 1 fully saturated rings. The minimum atomic E-state index is 0.0210. The van der Waals surface area contributed by atoms with Crippen LogP contribution in [0.15, 0.2) is 0 Å². The van der Waals surface area contributed by atoms with Crippen molar-refractivity contribution >= 4 is 0 Å². The van der Waals surface area contributed by atoms with Crippen molar-refractivity contribution in [2.24, 2.45) is 5.92 Å². The summed E-state index contributed by atoms with van der Waals surface area (Å²) >= 11 is 0. The maximum absolute atomic E-state index is 5.75. The maximum atomic E-state index is 5.75. The van der Waals surface area contributed by atoms with Gasteiger partial charge in [0.05, 0.1) is 12.2 Å². The minimum Gasteiger partial charge on any atom is -0.373 e. The van der Waals surface area contributed by atoms with E-state index >= 15 is 0 Å². The molecule has 0 aromatic carbocycles. The van der Waals surface area contributed by atoms with Crippen LogP contribution in [0.1, 0.15) is 40.5 Å². The van der Waals surface area contributed by atoms with Gasteiger partial charge in [-0.2, -0.15) is 0 Å². The molecule has 1 atom stereocenters. The van der Waals surface area contributed by atoms with Crippen LogP contribution in [-0.2, 0) is 4.74 Å². The van der Waals surface area contributed by atoms with Crippen LogP contribution in [0, 0.1) is 5.92 Å². The van der Waals surface area contributed by atoms with Crippen molar-refractivity contribution in [3.05, 3.63) is 0 Å². The second-order valence-electron chi connectivity index (χ2n) is 4.93. The zero-order valence-electron chi connectivity index (χ0n) is 9.39. The van der Waals surface area contributed by atoms with Crippen LogP contribution in [0.5, 0.6) is 0 Å². The van der Waals surface area contributed by atoms with E-state index < -0.39 is 0 Å². The molecule has 1 N–H and O–H groups in total. The quantitative estimate of drug-likeness (QED) is 0.727. The molecule has 0 amide bonds. The fraction of sp³-hybridized carbons (Fsp3) is 1.00. The second kappa shape index (κ2) is 4.43. The van der Waals surface area contributed by atoms with Gasteiger partial charge in [0.1, 0.15) is 0 Å². The fourth-order valence-corrected chi connectivity index (χ4v) is 1.84. The lowest BCUT2D eigenvalue weighted by Crippen LogP contribution is -2.54. The second-order valence-corrected chi connectivity index (χ2v) is 4.93. The summed E-state index contributed by atoms with van der Waals surface area (Å²) in [6, 6.07) is 0.531. The molecule has 0 bridgehead atoms. The van der Waals surface area contributed by atoms with Gasteiger partial charge in [-0.1, -0.05) is 13.8 Å². The monoisotopic (exact) mass is 185 g/mol. The predicted octanol–water partition coefficient (Wildman–Crippen LogP) is 2.19. The Morgan fingerprint density at radius 1 is 1.46 bits per heavy atom. The van der Waals surface area contributed by atoms with Gasteiger partial charge in [-0.05, 0) is 32.6 Å². The molecule has 1 rings (SSSR count). The lowest BCUT2D eigenvalue weighted by molar-refractivity contribution is -0.0736. The Balaban J connectivity index is 2.37. The van der Waals surface area contributed by atoms with Crippen molar-refractivity contribution in [3.63, 3.8) is 0 Å². The molecule has 0 aromatic rings. The SMILES string of the molecule is CC(C)CCC1NCCOC1(C)C. The van der Waals surface area contributed by atoms with Gasteiger partial charge in [-0.25, -0.2) is 0 Å². The Morgan fingerprint density at radius 3 is 2.69 bits per heavy atom. The van der Waals surface area contributed by atoms with Crippen LogP contribution in [0.4, 0.5) is 0 Å². The van der Waals surface area contributed by atoms with E-state index in [2.05, 4.69) is 33.0 Å². The van der Waals surface area contributed by atoms with Crippen LogP contribution in [0.2, 0.25) is 0 Å². The van der Waals surface area contributed by atoms with Crippen LogP contribution in [-0.4, -0.2) is 24.8 Å². The van der Waals surface area contributed by atoms with E-state index in [0.29, 0.717) is 6.04 Å². The van der Waals surface area contributed by atoms with Crippen molar-refractivity contribution in [1.82, 2.24) is 5.32 Å². The highest BCUT2D eigenvalue weighted by atomic mass is 16.5. The standard InChI is InChI=1S/C11H23NO/c1-9(2)5-6-10-11(3,4)13-8-7-12-10/h9-10,12H,5-8H2,1-4H3. The largest absolute Gasteiger partial charge is 0.373 e. The Hall–Kier alpha value is -0.0800. The van der Waals surface area contributed by atoms with E-state index in [9.17, 15) is 0 Å². The molecular weight excluding hydrogens is 162 g/mol. The number of morpholine rings is 1. The first-order chi connectivity index (χ1) is 6.02. The summed E-state index contributed by atoms with van der Waals surface area (Å²) in [6.45, 7) is 10.8. The smallest absolute Gasteiger partial charge is 0.0779 e. The van der Waals surface area contributed by atoms with Crippen LogP contribution in [0.3, 0.4) is 0 Å². The van der Waals surface area contributed by atoms with Gasteiger partial charge in [0.15, 0.2) is 0 Å². The lowest BCUT2D eigenvalue weighted by atomic mass is 9.90. The maximum Gasteiger partial charge on any atom is 0.0779 e. The van der Waals surface area contributed by atoms with Crippen LogP contribution < -0.4 is 5.32 Å². The van der Waals surface area contributed by atoms with Crippen molar-refractivity contribution in [3.8, 4) is 0 Å².